The molecule has 1 nitrogen and oxygen atoms in total. The predicted molar refractivity (Wildman–Crippen MR) is 210 cm³/mol. The topological polar surface area (TPSA) is 12.9 Å². The first kappa shape index (κ1) is 31.2. The Balaban J connectivity index is 1.20. The van der Waals surface area contributed by atoms with Crippen LogP contribution in [0, 0.1) is 5.82 Å². The van der Waals surface area contributed by atoms with Crippen molar-refractivity contribution in [2.75, 3.05) is 0 Å². The van der Waals surface area contributed by atoms with Crippen LogP contribution in [0.1, 0.15) is 5.69 Å². The van der Waals surface area contributed by atoms with E-state index in [4.69, 9.17) is 0 Å². The molecule has 0 fully saturated rings. The Labute approximate surface area is 301 Å². The van der Waals surface area contributed by atoms with E-state index in [0.29, 0.717) is 5.56 Å². The van der Waals surface area contributed by atoms with Crippen LogP contribution < -0.4 is 0 Å². The maximum absolute atomic E-state index is 14.1. The van der Waals surface area contributed by atoms with Crippen molar-refractivity contribution in [3.63, 3.8) is 0 Å². The van der Waals surface area contributed by atoms with Gasteiger partial charge in [0.15, 0.2) is 0 Å². The lowest BCUT2D eigenvalue weighted by Gasteiger charge is -2.20. The van der Waals surface area contributed by atoms with Crippen molar-refractivity contribution in [1.29, 1.82) is 0 Å². The standard InChI is InChI=1S/C48H27F4N/c49-34-19-12-28(13-20-34)44-36-8-1-3-10-38(36)47(39-11-4-2-9-37(39)44)42-24-17-30-15-22-40-35(21-14-29-16-23-41(42)46(30)45(29)40)32-7-5-6-31(26-32)33-18-25-43(53-27-33)48(50,51)52/h1-27H. The molecule has 5 heteroatoms. The molecular weight excluding hydrogens is 667 g/mol. The Hall–Kier alpha value is -6.59. The van der Waals surface area contributed by atoms with Crippen LogP contribution in [0.4, 0.5) is 17.6 Å². The average molecular weight is 694 g/mol. The second-order valence-electron chi connectivity index (χ2n) is 13.5. The van der Waals surface area contributed by atoms with E-state index in [1.54, 1.807) is 0 Å². The third-order valence-electron chi connectivity index (χ3n) is 10.6. The molecule has 0 saturated heterocycles. The van der Waals surface area contributed by atoms with Crippen LogP contribution >= 0.6 is 0 Å². The summed E-state index contributed by atoms with van der Waals surface area (Å²) in [6.07, 6.45) is -3.21. The van der Waals surface area contributed by atoms with Gasteiger partial charge >= 0.3 is 6.18 Å². The number of rotatable bonds is 4. The van der Waals surface area contributed by atoms with Gasteiger partial charge in [0.2, 0.25) is 0 Å². The minimum absolute atomic E-state index is 0.264. The smallest absolute Gasteiger partial charge is 0.251 e. The fourth-order valence-corrected chi connectivity index (χ4v) is 8.22. The van der Waals surface area contributed by atoms with Gasteiger partial charge in [0.05, 0.1) is 0 Å². The van der Waals surface area contributed by atoms with E-state index in [1.165, 1.54) is 29.8 Å². The maximum atomic E-state index is 14.1. The molecule has 0 radical (unpaired) electrons. The van der Waals surface area contributed by atoms with E-state index in [1.807, 2.05) is 36.4 Å². The first-order valence-corrected chi connectivity index (χ1v) is 17.4. The van der Waals surface area contributed by atoms with Crippen LogP contribution in [0.15, 0.2) is 164 Å². The molecule has 10 aromatic rings. The predicted octanol–water partition coefficient (Wildman–Crippen LogP) is 14.1. The highest BCUT2D eigenvalue weighted by molar-refractivity contribution is 6.30. The summed E-state index contributed by atoms with van der Waals surface area (Å²) in [7, 11) is 0. The van der Waals surface area contributed by atoms with E-state index in [0.717, 1.165) is 93.5 Å². The van der Waals surface area contributed by atoms with Crippen molar-refractivity contribution >= 4 is 53.9 Å². The summed E-state index contributed by atoms with van der Waals surface area (Å²) in [6, 6.07) is 51.6. The van der Waals surface area contributed by atoms with Gasteiger partial charge in [-0.3, -0.25) is 4.98 Å². The summed E-state index contributed by atoms with van der Waals surface area (Å²) in [4.78, 5) is 3.69. The number of hydrogen-bond donors (Lipinski definition) is 0. The van der Waals surface area contributed by atoms with Gasteiger partial charge in [0, 0.05) is 11.8 Å². The second-order valence-corrected chi connectivity index (χ2v) is 13.5. The second kappa shape index (κ2) is 11.7. The van der Waals surface area contributed by atoms with Gasteiger partial charge in [-0.25, -0.2) is 4.39 Å². The number of aromatic nitrogens is 1. The quantitative estimate of drug-likeness (QED) is 0.102. The number of hydrogen-bond acceptors (Lipinski definition) is 1. The van der Waals surface area contributed by atoms with Gasteiger partial charge in [-0.1, -0.05) is 133 Å². The molecule has 0 unspecified atom stereocenters. The first-order valence-electron chi connectivity index (χ1n) is 17.4. The number of benzene rings is 9. The molecule has 0 spiro atoms. The van der Waals surface area contributed by atoms with Gasteiger partial charge in [-0.15, -0.1) is 0 Å². The summed E-state index contributed by atoms with van der Waals surface area (Å²) in [5, 5.41) is 11.3. The van der Waals surface area contributed by atoms with Crippen LogP contribution in [0.25, 0.3) is 98.4 Å². The summed E-state index contributed by atoms with van der Waals surface area (Å²) < 4.78 is 53.7. The Morgan fingerprint density at radius 3 is 1.51 bits per heavy atom. The van der Waals surface area contributed by atoms with Crippen LogP contribution in [0.3, 0.4) is 0 Å². The van der Waals surface area contributed by atoms with Gasteiger partial charge in [-0.2, -0.15) is 13.2 Å². The lowest BCUT2D eigenvalue weighted by molar-refractivity contribution is -0.141. The number of pyridine rings is 1. The van der Waals surface area contributed by atoms with Crippen molar-refractivity contribution in [2.24, 2.45) is 0 Å². The van der Waals surface area contributed by atoms with Crippen molar-refractivity contribution in [1.82, 2.24) is 4.98 Å². The van der Waals surface area contributed by atoms with Gasteiger partial charge in [0.1, 0.15) is 11.5 Å². The van der Waals surface area contributed by atoms with Gasteiger partial charge in [0.25, 0.3) is 0 Å². The lowest BCUT2D eigenvalue weighted by atomic mass is 9.83. The van der Waals surface area contributed by atoms with E-state index in [2.05, 4.69) is 102 Å². The summed E-state index contributed by atoms with van der Waals surface area (Å²) in [6.45, 7) is 0. The summed E-state index contributed by atoms with van der Waals surface area (Å²) in [5.41, 5.74) is 6.83. The first-order chi connectivity index (χ1) is 25.8. The van der Waals surface area contributed by atoms with Gasteiger partial charge < -0.3 is 0 Å². The highest BCUT2D eigenvalue weighted by Crippen LogP contribution is 2.48. The number of nitrogens with zero attached hydrogens (tertiary/aromatic N) is 1. The zero-order valence-corrected chi connectivity index (χ0v) is 28.0. The van der Waals surface area contributed by atoms with Gasteiger partial charge in [-0.05, 0) is 117 Å². The van der Waals surface area contributed by atoms with Crippen LogP contribution in [-0.2, 0) is 6.18 Å². The average Bonchev–Trinajstić information content (AvgIpc) is 3.19. The SMILES string of the molecule is Fc1ccc(-c2c3ccccc3c(-c3ccc4ccc5c(-c6cccc(-c7ccc(C(F)(F)F)nc7)c6)ccc6ccc3c4c65)c3ccccc23)cc1. The molecule has 0 N–H and O–H groups in total. The molecule has 1 aromatic heterocycles. The Morgan fingerprint density at radius 2 is 0.925 bits per heavy atom. The highest BCUT2D eigenvalue weighted by atomic mass is 19.4. The third-order valence-corrected chi connectivity index (χ3v) is 10.6. The number of alkyl halides is 3. The molecule has 0 saturated carbocycles. The molecule has 1 heterocycles. The van der Waals surface area contributed by atoms with Crippen molar-refractivity contribution in [2.45, 2.75) is 6.18 Å². The van der Waals surface area contributed by atoms with E-state index < -0.39 is 11.9 Å². The molecule has 252 valence electrons. The largest absolute Gasteiger partial charge is 0.433 e. The van der Waals surface area contributed by atoms with Crippen molar-refractivity contribution < 1.29 is 17.6 Å². The monoisotopic (exact) mass is 693 g/mol. The Morgan fingerprint density at radius 1 is 0.396 bits per heavy atom. The van der Waals surface area contributed by atoms with Crippen molar-refractivity contribution in [3.8, 4) is 44.5 Å². The number of halogens is 4. The minimum Gasteiger partial charge on any atom is -0.251 e. The fourth-order valence-electron chi connectivity index (χ4n) is 8.22. The fraction of sp³-hybridized carbons (Fsp3) is 0.0208. The van der Waals surface area contributed by atoms with Crippen LogP contribution in [0.2, 0.25) is 0 Å². The molecule has 53 heavy (non-hydrogen) atoms. The van der Waals surface area contributed by atoms with E-state index >= 15 is 0 Å². The lowest BCUT2D eigenvalue weighted by Crippen LogP contribution is -2.07. The van der Waals surface area contributed by atoms with E-state index in [-0.39, 0.29) is 5.82 Å². The molecular formula is C48H27F4N. The molecule has 9 aromatic carbocycles. The van der Waals surface area contributed by atoms with Crippen LogP contribution in [0.5, 0.6) is 0 Å². The zero-order valence-electron chi connectivity index (χ0n) is 28.0. The third kappa shape index (κ3) is 4.96. The molecule has 0 bridgehead atoms. The zero-order chi connectivity index (χ0) is 35.8. The molecule has 0 atom stereocenters. The molecule has 0 amide bonds. The Bertz CT molecular complexity index is 2980. The summed E-state index contributed by atoms with van der Waals surface area (Å²) in [5.74, 6) is -0.264. The highest BCUT2D eigenvalue weighted by Gasteiger charge is 2.32. The van der Waals surface area contributed by atoms with Crippen molar-refractivity contribution in [3.05, 3.63) is 175 Å². The molecule has 10 rings (SSSR count). The minimum atomic E-state index is -4.49. The molecule has 0 aliphatic rings. The molecule has 0 aliphatic carbocycles. The summed E-state index contributed by atoms with van der Waals surface area (Å²) >= 11 is 0. The van der Waals surface area contributed by atoms with E-state index in [9.17, 15) is 17.6 Å². The normalized spacial score (nSPS) is 12.2. The Kier molecular flexibility index (Phi) is 6.89. The number of fused-ring (bicyclic) bond motifs is 2. The van der Waals surface area contributed by atoms with Crippen LogP contribution in [-0.4, -0.2) is 4.98 Å². The molecule has 0 aliphatic heterocycles. The maximum Gasteiger partial charge on any atom is 0.433 e.